The van der Waals surface area contributed by atoms with Gasteiger partial charge in [-0.15, -0.1) is 0 Å². The summed E-state index contributed by atoms with van der Waals surface area (Å²) in [5.74, 6) is 0. The summed E-state index contributed by atoms with van der Waals surface area (Å²) in [6.45, 7) is 7.46. The Morgan fingerprint density at radius 1 is 1.21 bits per heavy atom. The third kappa shape index (κ3) is 5.03. The van der Waals surface area contributed by atoms with Crippen LogP contribution in [0, 0.1) is 0 Å². The van der Waals surface area contributed by atoms with Crippen LogP contribution in [0.4, 0.5) is 0 Å². The van der Waals surface area contributed by atoms with Crippen LogP contribution in [0.2, 0.25) is 0 Å². The average molecular weight is 271 g/mol. The van der Waals surface area contributed by atoms with Crippen LogP contribution in [-0.2, 0) is 14.2 Å². The van der Waals surface area contributed by atoms with Crippen molar-refractivity contribution >= 4 is 0 Å². The zero-order valence-electron chi connectivity index (χ0n) is 12.3. The fourth-order valence-corrected chi connectivity index (χ4v) is 2.98. The van der Waals surface area contributed by atoms with Crippen LogP contribution < -0.4 is 5.32 Å². The summed E-state index contributed by atoms with van der Waals surface area (Å²) in [4.78, 5) is 0. The molecule has 4 heteroatoms. The number of unbranched alkanes of at least 4 members (excludes halogenated alkanes) is 1. The van der Waals surface area contributed by atoms with Gasteiger partial charge in [-0.25, -0.2) is 0 Å². The Morgan fingerprint density at radius 2 is 2.05 bits per heavy atom. The fraction of sp³-hybridized carbons (Fsp3) is 1.00. The van der Waals surface area contributed by atoms with E-state index in [4.69, 9.17) is 14.2 Å². The molecule has 112 valence electrons. The summed E-state index contributed by atoms with van der Waals surface area (Å²) < 4.78 is 17.1. The highest BCUT2D eigenvalue weighted by atomic mass is 16.5. The first-order valence-corrected chi connectivity index (χ1v) is 7.87. The highest BCUT2D eigenvalue weighted by Gasteiger charge is 2.38. The lowest BCUT2D eigenvalue weighted by molar-refractivity contribution is -0.140. The molecular weight excluding hydrogens is 242 g/mol. The molecule has 2 rings (SSSR count). The van der Waals surface area contributed by atoms with Gasteiger partial charge in [-0.05, 0) is 32.1 Å². The molecule has 19 heavy (non-hydrogen) atoms. The van der Waals surface area contributed by atoms with Crippen molar-refractivity contribution in [3.63, 3.8) is 0 Å². The van der Waals surface area contributed by atoms with Crippen LogP contribution in [0.1, 0.15) is 45.4 Å². The van der Waals surface area contributed by atoms with E-state index in [1.165, 1.54) is 12.8 Å². The van der Waals surface area contributed by atoms with Gasteiger partial charge in [-0.3, -0.25) is 0 Å². The Hall–Kier alpha value is -0.160. The molecule has 0 aromatic heterocycles. The molecule has 1 atom stereocenters. The van der Waals surface area contributed by atoms with E-state index >= 15 is 0 Å². The van der Waals surface area contributed by atoms with E-state index in [-0.39, 0.29) is 5.60 Å². The minimum atomic E-state index is 0.0945. The van der Waals surface area contributed by atoms with Gasteiger partial charge < -0.3 is 19.5 Å². The van der Waals surface area contributed by atoms with Crippen molar-refractivity contribution in [2.45, 2.75) is 57.1 Å². The van der Waals surface area contributed by atoms with E-state index in [1.54, 1.807) is 0 Å². The molecule has 2 heterocycles. The quantitative estimate of drug-likeness (QED) is 0.720. The van der Waals surface area contributed by atoms with Crippen LogP contribution in [0.5, 0.6) is 0 Å². The van der Waals surface area contributed by atoms with Gasteiger partial charge >= 0.3 is 0 Å². The van der Waals surface area contributed by atoms with E-state index in [2.05, 4.69) is 12.2 Å². The molecule has 1 unspecified atom stereocenters. The molecule has 2 aliphatic heterocycles. The van der Waals surface area contributed by atoms with Gasteiger partial charge in [-0.1, -0.05) is 13.3 Å². The fourth-order valence-electron chi connectivity index (χ4n) is 2.98. The predicted molar refractivity (Wildman–Crippen MR) is 75.5 cm³/mol. The molecule has 0 saturated carbocycles. The molecule has 0 aromatic carbocycles. The predicted octanol–water partition coefficient (Wildman–Crippen LogP) is 2.12. The lowest BCUT2D eigenvalue weighted by Gasteiger charge is -2.43. The molecule has 0 bridgehead atoms. The summed E-state index contributed by atoms with van der Waals surface area (Å²) in [5, 5.41) is 3.62. The Kier molecular flexibility index (Phi) is 6.57. The van der Waals surface area contributed by atoms with E-state index in [0.29, 0.717) is 6.04 Å². The molecule has 1 spiro atoms. The SMILES string of the molecule is CCCCOCCNC1CCOC2(CCOCC2)C1. The molecule has 2 fully saturated rings. The Bertz CT molecular complexity index is 236. The highest BCUT2D eigenvalue weighted by Crippen LogP contribution is 2.34. The molecule has 0 radical (unpaired) electrons. The highest BCUT2D eigenvalue weighted by molar-refractivity contribution is 4.91. The number of hydrogen-bond donors (Lipinski definition) is 1. The van der Waals surface area contributed by atoms with E-state index in [9.17, 15) is 0 Å². The lowest BCUT2D eigenvalue weighted by Crippen LogP contribution is -2.50. The molecule has 0 aromatic rings. The van der Waals surface area contributed by atoms with Crippen LogP contribution in [0.25, 0.3) is 0 Å². The Labute approximate surface area is 117 Å². The normalized spacial score (nSPS) is 26.7. The molecule has 1 N–H and O–H groups in total. The maximum absolute atomic E-state index is 6.04. The standard InChI is InChI=1S/C15H29NO3/c1-2-3-8-17-12-7-16-14-4-9-19-15(13-14)5-10-18-11-6-15/h14,16H,2-13H2,1H3. The monoisotopic (exact) mass is 271 g/mol. The second-order valence-corrected chi connectivity index (χ2v) is 5.75. The summed E-state index contributed by atoms with van der Waals surface area (Å²) >= 11 is 0. The number of rotatable bonds is 7. The van der Waals surface area contributed by atoms with Gasteiger partial charge in [0.1, 0.15) is 0 Å². The maximum Gasteiger partial charge on any atom is 0.0741 e. The summed E-state index contributed by atoms with van der Waals surface area (Å²) in [5.41, 5.74) is 0.0945. The summed E-state index contributed by atoms with van der Waals surface area (Å²) in [6, 6.07) is 0.585. The van der Waals surface area contributed by atoms with Crippen LogP contribution in [0.15, 0.2) is 0 Å². The van der Waals surface area contributed by atoms with Gasteiger partial charge in [0.25, 0.3) is 0 Å². The van der Waals surface area contributed by atoms with Crippen molar-refractivity contribution in [1.82, 2.24) is 5.32 Å². The summed E-state index contributed by atoms with van der Waals surface area (Å²) in [6.07, 6.45) is 6.73. The zero-order chi connectivity index (χ0) is 13.4. The van der Waals surface area contributed by atoms with Crippen molar-refractivity contribution in [2.75, 3.05) is 39.6 Å². The second kappa shape index (κ2) is 8.20. The number of nitrogens with one attached hydrogen (secondary N) is 1. The molecule has 2 aliphatic rings. The summed E-state index contributed by atoms with van der Waals surface area (Å²) in [7, 11) is 0. The number of ether oxygens (including phenoxy) is 3. The van der Waals surface area contributed by atoms with Crippen LogP contribution in [0.3, 0.4) is 0 Å². The van der Waals surface area contributed by atoms with Crippen molar-refractivity contribution in [3.8, 4) is 0 Å². The molecular formula is C15H29NO3. The van der Waals surface area contributed by atoms with Gasteiger partial charge in [0.15, 0.2) is 0 Å². The molecule has 4 nitrogen and oxygen atoms in total. The first kappa shape index (κ1) is 15.2. The number of hydrogen-bond acceptors (Lipinski definition) is 4. The Morgan fingerprint density at radius 3 is 2.84 bits per heavy atom. The first-order chi connectivity index (χ1) is 9.35. The van der Waals surface area contributed by atoms with E-state index in [1.807, 2.05) is 0 Å². The lowest BCUT2D eigenvalue weighted by atomic mass is 9.84. The third-order valence-electron chi connectivity index (χ3n) is 4.22. The van der Waals surface area contributed by atoms with Gasteiger partial charge in [0.2, 0.25) is 0 Å². The topological polar surface area (TPSA) is 39.7 Å². The van der Waals surface area contributed by atoms with E-state index < -0.39 is 0 Å². The van der Waals surface area contributed by atoms with Crippen molar-refractivity contribution in [3.05, 3.63) is 0 Å². The Balaban J connectivity index is 1.61. The zero-order valence-corrected chi connectivity index (χ0v) is 12.3. The van der Waals surface area contributed by atoms with Crippen molar-refractivity contribution < 1.29 is 14.2 Å². The minimum absolute atomic E-state index is 0.0945. The van der Waals surface area contributed by atoms with Crippen LogP contribution >= 0.6 is 0 Å². The average Bonchev–Trinajstić information content (AvgIpc) is 2.44. The van der Waals surface area contributed by atoms with Gasteiger partial charge in [0, 0.05) is 39.0 Å². The van der Waals surface area contributed by atoms with Crippen LogP contribution in [-0.4, -0.2) is 51.2 Å². The van der Waals surface area contributed by atoms with Crippen molar-refractivity contribution in [2.24, 2.45) is 0 Å². The molecule has 0 amide bonds. The van der Waals surface area contributed by atoms with Gasteiger partial charge in [-0.2, -0.15) is 0 Å². The second-order valence-electron chi connectivity index (χ2n) is 5.75. The van der Waals surface area contributed by atoms with Crippen molar-refractivity contribution in [1.29, 1.82) is 0 Å². The maximum atomic E-state index is 6.04. The minimum Gasteiger partial charge on any atom is -0.381 e. The smallest absolute Gasteiger partial charge is 0.0741 e. The van der Waals surface area contributed by atoms with Gasteiger partial charge in [0.05, 0.1) is 12.2 Å². The third-order valence-corrected chi connectivity index (χ3v) is 4.22. The largest absolute Gasteiger partial charge is 0.381 e. The first-order valence-electron chi connectivity index (χ1n) is 7.87. The molecule has 0 aliphatic carbocycles. The molecule has 2 saturated heterocycles. The van der Waals surface area contributed by atoms with E-state index in [0.717, 1.165) is 65.3 Å².